The van der Waals surface area contributed by atoms with Crippen molar-refractivity contribution in [1.29, 1.82) is 0 Å². The Balaban J connectivity index is 0.968. The molecule has 0 saturated carbocycles. The van der Waals surface area contributed by atoms with E-state index in [4.69, 9.17) is 23.7 Å². The van der Waals surface area contributed by atoms with Crippen molar-refractivity contribution in [3.63, 3.8) is 0 Å². The maximum atomic E-state index is 11.0. The first-order chi connectivity index (χ1) is 23.7. The molecular formula is C42H36O6. The summed E-state index contributed by atoms with van der Waals surface area (Å²) >= 11 is 0. The summed E-state index contributed by atoms with van der Waals surface area (Å²) in [5.41, 5.74) is 5.70. The highest BCUT2D eigenvalue weighted by Gasteiger charge is 2.05. The van der Waals surface area contributed by atoms with Crippen LogP contribution in [0.15, 0.2) is 152 Å². The Morgan fingerprint density at radius 3 is 1.02 bits per heavy atom. The zero-order chi connectivity index (χ0) is 32.8. The summed E-state index contributed by atoms with van der Waals surface area (Å²) in [6.07, 6.45) is 0.807. The van der Waals surface area contributed by atoms with E-state index in [-0.39, 0.29) is 0 Å². The second-order valence-electron chi connectivity index (χ2n) is 11.2. The molecule has 6 aromatic rings. The summed E-state index contributed by atoms with van der Waals surface area (Å²) in [4.78, 5) is 11.0. The van der Waals surface area contributed by atoms with Crippen molar-refractivity contribution >= 4 is 6.29 Å². The van der Waals surface area contributed by atoms with E-state index in [2.05, 4.69) is 12.1 Å². The molecule has 0 N–H and O–H groups in total. The first kappa shape index (κ1) is 32.0. The fraction of sp³-hybridized carbons (Fsp3) is 0.119. The van der Waals surface area contributed by atoms with Gasteiger partial charge in [0.2, 0.25) is 0 Å². The number of carbonyl (C=O) groups excluding carboxylic acids is 1. The molecule has 6 nitrogen and oxygen atoms in total. The molecule has 6 rings (SSSR count). The van der Waals surface area contributed by atoms with Gasteiger partial charge in [-0.25, -0.2) is 0 Å². The number of benzene rings is 6. The minimum Gasteiger partial charge on any atom is -0.489 e. The molecule has 0 radical (unpaired) electrons. The summed E-state index contributed by atoms with van der Waals surface area (Å²) in [6.45, 7) is 2.12. The Bertz CT molecular complexity index is 1920. The molecule has 0 aliphatic carbocycles. The molecule has 0 heterocycles. The molecule has 240 valence electrons. The quantitative estimate of drug-likeness (QED) is 0.0987. The summed E-state index contributed by atoms with van der Waals surface area (Å²) in [6, 6.07) is 48.8. The lowest BCUT2D eigenvalue weighted by Crippen LogP contribution is -2.01. The number of ether oxygens (including phenoxy) is 5. The Labute approximate surface area is 281 Å². The van der Waals surface area contributed by atoms with Gasteiger partial charge in [-0.05, 0) is 88.5 Å². The standard InChI is InChI=1S/C42H36O6/c43-26-33-11-4-16-38(21-33)45-28-35-13-6-18-40(23-35)47-30-37-15-8-20-42(25-37)48-31-36-14-7-19-41(24-36)46-29-34-12-5-17-39(22-34)44-27-32-9-2-1-3-10-32/h1-26H,27-31H2. The normalized spacial score (nSPS) is 10.6. The first-order valence-corrected chi connectivity index (χ1v) is 15.8. The summed E-state index contributed by atoms with van der Waals surface area (Å²) in [5, 5.41) is 0. The van der Waals surface area contributed by atoms with E-state index in [0.717, 1.165) is 57.1 Å². The van der Waals surface area contributed by atoms with Crippen molar-refractivity contribution in [2.24, 2.45) is 0 Å². The Morgan fingerprint density at radius 1 is 0.333 bits per heavy atom. The van der Waals surface area contributed by atoms with Gasteiger partial charge in [0, 0.05) is 5.56 Å². The van der Waals surface area contributed by atoms with Gasteiger partial charge in [0.1, 0.15) is 68.1 Å². The lowest BCUT2D eigenvalue weighted by molar-refractivity contribution is 0.112. The van der Waals surface area contributed by atoms with E-state index in [1.165, 1.54) is 0 Å². The largest absolute Gasteiger partial charge is 0.489 e. The van der Waals surface area contributed by atoms with Crippen LogP contribution in [-0.4, -0.2) is 6.29 Å². The van der Waals surface area contributed by atoms with Gasteiger partial charge in [0.25, 0.3) is 0 Å². The van der Waals surface area contributed by atoms with Crippen LogP contribution in [-0.2, 0) is 33.0 Å². The fourth-order valence-electron chi connectivity index (χ4n) is 4.99. The van der Waals surface area contributed by atoms with Crippen LogP contribution in [0.25, 0.3) is 0 Å². The molecule has 6 heteroatoms. The van der Waals surface area contributed by atoms with Crippen LogP contribution in [0.3, 0.4) is 0 Å². The van der Waals surface area contributed by atoms with Gasteiger partial charge in [0.15, 0.2) is 0 Å². The summed E-state index contributed by atoms with van der Waals surface area (Å²) in [5.74, 6) is 3.73. The van der Waals surface area contributed by atoms with E-state index < -0.39 is 0 Å². The van der Waals surface area contributed by atoms with Crippen molar-refractivity contribution in [2.75, 3.05) is 0 Å². The number of hydrogen-bond acceptors (Lipinski definition) is 6. The maximum absolute atomic E-state index is 11.0. The lowest BCUT2D eigenvalue weighted by atomic mass is 10.2. The third kappa shape index (κ3) is 9.74. The minimum absolute atomic E-state index is 0.367. The molecule has 0 aromatic heterocycles. The van der Waals surface area contributed by atoms with Gasteiger partial charge in [-0.1, -0.05) is 91.0 Å². The van der Waals surface area contributed by atoms with Crippen LogP contribution in [0.4, 0.5) is 0 Å². The highest BCUT2D eigenvalue weighted by Crippen LogP contribution is 2.23. The first-order valence-electron chi connectivity index (χ1n) is 15.8. The zero-order valence-electron chi connectivity index (χ0n) is 26.5. The van der Waals surface area contributed by atoms with Crippen LogP contribution in [0.5, 0.6) is 28.7 Å². The van der Waals surface area contributed by atoms with E-state index >= 15 is 0 Å². The van der Waals surface area contributed by atoms with E-state index in [1.807, 2.05) is 121 Å². The van der Waals surface area contributed by atoms with Crippen molar-refractivity contribution in [3.8, 4) is 28.7 Å². The number of aldehydes is 1. The highest BCUT2D eigenvalue weighted by molar-refractivity contribution is 5.75. The molecule has 0 atom stereocenters. The second-order valence-corrected chi connectivity index (χ2v) is 11.2. The fourth-order valence-corrected chi connectivity index (χ4v) is 4.99. The Morgan fingerprint density at radius 2 is 0.646 bits per heavy atom. The van der Waals surface area contributed by atoms with Crippen molar-refractivity contribution < 1.29 is 28.5 Å². The van der Waals surface area contributed by atoms with Gasteiger partial charge in [-0.3, -0.25) is 4.79 Å². The van der Waals surface area contributed by atoms with Gasteiger partial charge >= 0.3 is 0 Å². The number of hydrogen-bond donors (Lipinski definition) is 0. The highest BCUT2D eigenvalue weighted by atomic mass is 16.5. The number of rotatable bonds is 16. The summed E-state index contributed by atoms with van der Waals surface area (Å²) in [7, 11) is 0. The monoisotopic (exact) mass is 636 g/mol. The SMILES string of the molecule is O=Cc1cccc(OCc2cccc(OCc3cccc(OCc4cccc(OCc5cccc(OCc6ccccc6)c5)c4)c3)c2)c1. The molecule has 0 saturated heterocycles. The maximum Gasteiger partial charge on any atom is 0.150 e. The topological polar surface area (TPSA) is 63.2 Å². The molecule has 48 heavy (non-hydrogen) atoms. The van der Waals surface area contributed by atoms with Crippen LogP contribution < -0.4 is 23.7 Å². The molecular weight excluding hydrogens is 600 g/mol. The minimum atomic E-state index is 0.367. The van der Waals surface area contributed by atoms with Crippen LogP contribution in [0, 0.1) is 0 Å². The molecule has 0 aliphatic heterocycles. The number of carbonyl (C=O) groups is 1. The van der Waals surface area contributed by atoms with Crippen LogP contribution in [0.1, 0.15) is 38.2 Å². The predicted molar refractivity (Wildman–Crippen MR) is 186 cm³/mol. The van der Waals surface area contributed by atoms with Crippen molar-refractivity contribution in [2.45, 2.75) is 33.0 Å². The molecule has 0 bridgehead atoms. The smallest absolute Gasteiger partial charge is 0.150 e. The summed E-state index contributed by atoms with van der Waals surface area (Å²) < 4.78 is 30.1. The molecule has 0 unspecified atom stereocenters. The van der Waals surface area contributed by atoms with Gasteiger partial charge in [-0.2, -0.15) is 0 Å². The Hall–Kier alpha value is -6.01. The zero-order valence-corrected chi connectivity index (χ0v) is 26.5. The molecule has 0 aliphatic rings. The Kier molecular flexibility index (Phi) is 11.0. The second kappa shape index (κ2) is 16.5. The lowest BCUT2D eigenvalue weighted by Gasteiger charge is -2.12. The van der Waals surface area contributed by atoms with Crippen LogP contribution in [0.2, 0.25) is 0 Å². The third-order valence-corrected chi connectivity index (χ3v) is 7.46. The average Bonchev–Trinajstić information content (AvgIpc) is 3.15. The van der Waals surface area contributed by atoms with Gasteiger partial charge in [-0.15, -0.1) is 0 Å². The molecule has 0 amide bonds. The van der Waals surface area contributed by atoms with Gasteiger partial charge in [0.05, 0.1) is 0 Å². The predicted octanol–water partition coefficient (Wildman–Crippen LogP) is 9.39. The van der Waals surface area contributed by atoms with Crippen molar-refractivity contribution in [3.05, 3.63) is 185 Å². The van der Waals surface area contributed by atoms with Gasteiger partial charge < -0.3 is 23.7 Å². The average molecular weight is 637 g/mol. The van der Waals surface area contributed by atoms with E-state index in [9.17, 15) is 4.79 Å². The van der Waals surface area contributed by atoms with E-state index in [0.29, 0.717) is 44.3 Å². The molecule has 0 fully saturated rings. The molecule has 6 aromatic carbocycles. The van der Waals surface area contributed by atoms with Crippen LogP contribution >= 0.6 is 0 Å². The third-order valence-electron chi connectivity index (χ3n) is 7.46. The molecule has 0 spiro atoms. The van der Waals surface area contributed by atoms with Crippen molar-refractivity contribution in [1.82, 2.24) is 0 Å². The van der Waals surface area contributed by atoms with E-state index in [1.54, 1.807) is 18.2 Å².